The summed E-state index contributed by atoms with van der Waals surface area (Å²) in [5, 5.41) is 21.0. The minimum absolute atomic E-state index is 0.0291. The third-order valence-electron chi connectivity index (χ3n) is 9.08. The first kappa shape index (κ1) is 17.8. The summed E-state index contributed by atoms with van der Waals surface area (Å²) in [7, 11) is 0. The van der Waals surface area contributed by atoms with Crippen LogP contribution in [0.4, 0.5) is 0 Å². The molecule has 146 valence electrons. The molecule has 3 saturated carbocycles. The minimum atomic E-state index is -1.50. The van der Waals surface area contributed by atoms with E-state index in [2.05, 4.69) is 6.92 Å². The van der Waals surface area contributed by atoms with Crippen LogP contribution in [0.1, 0.15) is 46.5 Å². The number of ketones is 2. The van der Waals surface area contributed by atoms with Crippen molar-refractivity contribution in [2.45, 2.75) is 63.8 Å². The second kappa shape index (κ2) is 5.00. The molecule has 5 aliphatic rings. The number of aliphatic hydroxyl groups is 2. The number of hydrogen-bond acceptors (Lipinski definition) is 5. The Balaban J connectivity index is 1.60. The Hall–Kier alpha value is -1.30. The highest BCUT2D eigenvalue weighted by atomic mass is 16.6. The zero-order chi connectivity index (χ0) is 19.4. The van der Waals surface area contributed by atoms with Gasteiger partial charge in [-0.25, -0.2) is 0 Å². The van der Waals surface area contributed by atoms with Gasteiger partial charge in [0.05, 0.1) is 6.10 Å². The van der Waals surface area contributed by atoms with Gasteiger partial charge >= 0.3 is 0 Å². The highest BCUT2D eigenvalue weighted by Crippen LogP contribution is 2.76. The van der Waals surface area contributed by atoms with Crippen LogP contribution in [-0.2, 0) is 14.3 Å². The molecule has 0 aromatic rings. The second-order valence-electron chi connectivity index (χ2n) is 9.86. The van der Waals surface area contributed by atoms with Gasteiger partial charge in [0, 0.05) is 10.8 Å². The van der Waals surface area contributed by atoms with E-state index in [0.717, 1.165) is 24.8 Å². The number of hydrogen-bond donors (Lipinski definition) is 2. The van der Waals surface area contributed by atoms with Gasteiger partial charge in [0.1, 0.15) is 17.8 Å². The number of allylic oxidation sites excluding steroid dienone is 2. The molecular weight excluding hydrogens is 344 g/mol. The topological polar surface area (TPSA) is 87.1 Å². The van der Waals surface area contributed by atoms with Gasteiger partial charge < -0.3 is 14.9 Å². The molecule has 1 saturated heterocycles. The molecule has 1 aliphatic heterocycles. The van der Waals surface area contributed by atoms with E-state index < -0.39 is 23.4 Å². The van der Waals surface area contributed by atoms with Gasteiger partial charge in [-0.05, 0) is 62.5 Å². The van der Waals surface area contributed by atoms with Gasteiger partial charge in [-0.15, -0.1) is 0 Å². The lowest BCUT2D eigenvalue weighted by molar-refractivity contribution is -0.165. The van der Waals surface area contributed by atoms with Crippen molar-refractivity contribution in [2.24, 2.45) is 28.6 Å². The molecule has 1 spiro atoms. The summed E-state index contributed by atoms with van der Waals surface area (Å²) in [6, 6.07) is 0. The Morgan fingerprint density at radius 1 is 1.33 bits per heavy atom. The Morgan fingerprint density at radius 3 is 2.78 bits per heavy atom. The van der Waals surface area contributed by atoms with Crippen molar-refractivity contribution in [3.05, 3.63) is 23.8 Å². The third-order valence-corrected chi connectivity index (χ3v) is 9.08. The van der Waals surface area contributed by atoms with E-state index in [1.807, 2.05) is 19.9 Å². The lowest BCUT2D eigenvalue weighted by Crippen LogP contribution is -2.62. The first-order valence-corrected chi connectivity index (χ1v) is 10.1. The molecule has 0 aromatic heterocycles. The molecule has 4 fully saturated rings. The number of aliphatic hydroxyl groups excluding tert-OH is 1. The second-order valence-corrected chi connectivity index (χ2v) is 9.86. The number of epoxide rings is 1. The first-order valence-electron chi connectivity index (χ1n) is 10.1. The van der Waals surface area contributed by atoms with Crippen molar-refractivity contribution in [3.8, 4) is 0 Å². The van der Waals surface area contributed by atoms with Crippen molar-refractivity contribution in [1.29, 1.82) is 0 Å². The zero-order valence-corrected chi connectivity index (χ0v) is 16.2. The van der Waals surface area contributed by atoms with Crippen molar-refractivity contribution >= 4 is 11.6 Å². The Morgan fingerprint density at radius 2 is 2.07 bits per heavy atom. The van der Waals surface area contributed by atoms with Crippen LogP contribution in [-0.4, -0.2) is 45.7 Å². The van der Waals surface area contributed by atoms with Crippen molar-refractivity contribution in [2.75, 3.05) is 6.61 Å². The summed E-state index contributed by atoms with van der Waals surface area (Å²) >= 11 is 0. The standard InChI is InChI=1S/C22H28O5/c1-12-8-16-15-5-4-13-9-14(24)6-7-19(13,2)22(15)18(27-22)10-20(16,3)21(12,26)17(25)11-23/h6-7,9,12,15-16,18,23,26H,4-5,8,10-11H2,1-3H3/t12?,15?,16?,18-,19?,20?,21?,22+/m1/s1. The lowest BCUT2D eigenvalue weighted by atomic mass is 9.46. The summed E-state index contributed by atoms with van der Waals surface area (Å²) in [6.45, 7) is 5.51. The molecule has 8 atom stereocenters. The molecule has 0 bridgehead atoms. The van der Waals surface area contributed by atoms with Crippen LogP contribution in [0.5, 0.6) is 0 Å². The number of rotatable bonds is 2. The van der Waals surface area contributed by atoms with Gasteiger partial charge in [-0.2, -0.15) is 0 Å². The summed E-state index contributed by atoms with van der Waals surface area (Å²) in [5.41, 5.74) is -1.55. The van der Waals surface area contributed by atoms with Gasteiger partial charge in [-0.1, -0.05) is 25.5 Å². The van der Waals surface area contributed by atoms with E-state index in [4.69, 9.17) is 4.74 Å². The Kier molecular flexibility index (Phi) is 3.29. The maximum absolute atomic E-state index is 12.6. The highest BCUT2D eigenvalue weighted by molar-refractivity contribution is 6.01. The average Bonchev–Trinajstić information content (AvgIpc) is 3.31. The smallest absolute Gasteiger partial charge is 0.190 e. The predicted octanol–water partition coefficient (Wildman–Crippen LogP) is 1.96. The van der Waals surface area contributed by atoms with Crippen LogP contribution in [0.3, 0.4) is 0 Å². The highest BCUT2D eigenvalue weighted by Gasteiger charge is 2.81. The van der Waals surface area contributed by atoms with Crippen LogP contribution in [0.15, 0.2) is 23.8 Å². The molecule has 5 rings (SSSR count). The first-order chi connectivity index (χ1) is 12.6. The molecule has 1 heterocycles. The molecule has 0 radical (unpaired) electrons. The van der Waals surface area contributed by atoms with E-state index in [1.165, 1.54) is 0 Å². The maximum atomic E-state index is 12.6. The minimum Gasteiger partial charge on any atom is -0.388 e. The van der Waals surface area contributed by atoms with E-state index in [-0.39, 0.29) is 40.7 Å². The zero-order valence-electron chi connectivity index (χ0n) is 16.2. The molecule has 4 aliphatic carbocycles. The van der Waals surface area contributed by atoms with Crippen LogP contribution < -0.4 is 0 Å². The predicted molar refractivity (Wildman–Crippen MR) is 97.7 cm³/mol. The molecule has 2 N–H and O–H groups in total. The van der Waals surface area contributed by atoms with Crippen LogP contribution >= 0.6 is 0 Å². The summed E-state index contributed by atoms with van der Waals surface area (Å²) < 4.78 is 6.43. The van der Waals surface area contributed by atoms with Gasteiger partial charge in [0.15, 0.2) is 11.6 Å². The molecule has 5 heteroatoms. The quantitative estimate of drug-likeness (QED) is 0.724. The molecule has 6 unspecified atom stereocenters. The molecule has 27 heavy (non-hydrogen) atoms. The van der Waals surface area contributed by atoms with Crippen LogP contribution in [0, 0.1) is 28.6 Å². The third kappa shape index (κ3) is 1.73. The maximum Gasteiger partial charge on any atom is 0.190 e. The molecule has 0 amide bonds. The van der Waals surface area contributed by atoms with Crippen molar-refractivity contribution < 1.29 is 24.5 Å². The number of ether oxygens (including phenoxy) is 1. The fourth-order valence-corrected chi connectivity index (χ4v) is 7.70. The van der Waals surface area contributed by atoms with E-state index >= 15 is 0 Å². The van der Waals surface area contributed by atoms with E-state index in [0.29, 0.717) is 6.42 Å². The summed E-state index contributed by atoms with van der Waals surface area (Å²) in [5.74, 6) is -0.193. The van der Waals surface area contributed by atoms with Crippen molar-refractivity contribution in [1.82, 2.24) is 0 Å². The Labute approximate surface area is 159 Å². The summed E-state index contributed by atoms with van der Waals surface area (Å²) in [4.78, 5) is 24.5. The van der Waals surface area contributed by atoms with E-state index in [9.17, 15) is 19.8 Å². The number of fused-ring (bicyclic) bond motifs is 3. The fraction of sp³-hybridized carbons (Fsp3) is 0.727. The molecule has 0 aromatic carbocycles. The average molecular weight is 372 g/mol. The molecular formula is C22H28O5. The van der Waals surface area contributed by atoms with Gasteiger partial charge in [0.2, 0.25) is 0 Å². The fourth-order valence-electron chi connectivity index (χ4n) is 7.70. The van der Waals surface area contributed by atoms with Crippen LogP contribution in [0.2, 0.25) is 0 Å². The number of carbonyl (C=O) groups is 2. The lowest BCUT2D eigenvalue weighted by Gasteiger charge is -2.55. The largest absolute Gasteiger partial charge is 0.388 e. The Bertz CT molecular complexity index is 814. The van der Waals surface area contributed by atoms with E-state index in [1.54, 1.807) is 12.2 Å². The van der Waals surface area contributed by atoms with Gasteiger partial charge in [-0.3, -0.25) is 9.59 Å². The van der Waals surface area contributed by atoms with Crippen molar-refractivity contribution in [3.63, 3.8) is 0 Å². The number of carbonyl (C=O) groups excluding carboxylic acids is 2. The normalized spacial score (nSPS) is 55.1. The number of Topliss-reactive ketones (excluding diaryl/α,β-unsaturated/α-hetero) is 1. The monoisotopic (exact) mass is 372 g/mol. The SMILES string of the molecule is CC1CC2C3CCC4=CC(=O)C=CC4(C)[C@]34O[C@@H]4CC2(C)C1(O)C(=O)CO. The van der Waals surface area contributed by atoms with Crippen LogP contribution in [0.25, 0.3) is 0 Å². The summed E-state index contributed by atoms with van der Waals surface area (Å²) in [6.07, 6.45) is 8.58. The van der Waals surface area contributed by atoms with Gasteiger partial charge in [0.25, 0.3) is 0 Å². The molecule has 5 nitrogen and oxygen atoms in total.